The summed E-state index contributed by atoms with van der Waals surface area (Å²) >= 11 is 0. The number of hydrogen-bond donors (Lipinski definition) is 2. The Balaban J connectivity index is 1.19. The summed E-state index contributed by atoms with van der Waals surface area (Å²) in [6, 6.07) is 11.9. The minimum Gasteiger partial charge on any atom is -0.494 e. The fourth-order valence-electron chi connectivity index (χ4n) is 6.99. The van der Waals surface area contributed by atoms with Gasteiger partial charge in [0.15, 0.2) is 5.82 Å². The Morgan fingerprint density at radius 1 is 1.14 bits per heavy atom. The lowest BCUT2D eigenvalue weighted by Gasteiger charge is -2.27. The Hall–Kier alpha value is -5.02. The highest BCUT2D eigenvalue weighted by Gasteiger charge is 2.47. The number of carbonyl (C=O) groups excluding carboxylic acids is 1. The number of aryl methyl sites for hydroxylation is 1. The molecule has 4 aromatic heterocycles. The first-order chi connectivity index (χ1) is 21.4. The van der Waals surface area contributed by atoms with Gasteiger partial charge in [-0.05, 0) is 67.9 Å². The van der Waals surface area contributed by atoms with Crippen LogP contribution in [0.4, 0.5) is 11.5 Å². The lowest BCUT2D eigenvalue weighted by molar-refractivity contribution is 0.0700. The Morgan fingerprint density at radius 3 is 2.64 bits per heavy atom. The molecule has 5 heterocycles. The summed E-state index contributed by atoms with van der Waals surface area (Å²) in [5.41, 5.74) is 11.0. The second-order valence-electron chi connectivity index (χ2n) is 12.2. The number of rotatable bonds is 7. The number of imidazole rings is 1. The van der Waals surface area contributed by atoms with Crippen molar-refractivity contribution in [2.45, 2.75) is 44.3 Å². The molecule has 1 amide bonds. The van der Waals surface area contributed by atoms with Gasteiger partial charge in [0.25, 0.3) is 5.91 Å². The number of nitrogens with zero attached hydrogens (tertiary/aromatic N) is 8. The predicted molar refractivity (Wildman–Crippen MR) is 164 cm³/mol. The standard InChI is InChI=1S/C32H32N10O2/c1-40-29-22(9-20(11-25(29)44-2)32(43)42-16-19-5-7-23(42)28(19)34)38-31(40)24-10-18-6-8-26(37-21-13-35-27(12-33)36-14-21)39-30(18)41(24)15-17-3-4-17/h6,8-11,13-14,17,19,23,28H,3-5,7,15-16,34H2,1-2H3,(H,37,39)/t19?,23?,28-/m1/s1. The number of ether oxygens (including phenoxy) is 1. The lowest BCUT2D eigenvalue weighted by Crippen LogP contribution is -2.41. The minimum absolute atomic E-state index is 0.0141. The topological polar surface area (TPSA) is 153 Å². The molecule has 5 aromatic rings. The Labute approximate surface area is 253 Å². The Kier molecular flexibility index (Phi) is 6.06. The number of nitrogens with one attached hydrogen (secondary N) is 1. The summed E-state index contributed by atoms with van der Waals surface area (Å²) in [5.74, 6) is 3.11. The molecule has 3 atom stereocenters. The van der Waals surface area contributed by atoms with Crippen molar-refractivity contribution in [3.05, 3.63) is 54.1 Å². The van der Waals surface area contributed by atoms with E-state index in [4.69, 9.17) is 25.7 Å². The highest BCUT2D eigenvalue weighted by Crippen LogP contribution is 2.40. The predicted octanol–water partition coefficient (Wildman–Crippen LogP) is 3.98. The van der Waals surface area contributed by atoms with Crippen molar-refractivity contribution < 1.29 is 9.53 Å². The third kappa shape index (κ3) is 4.26. The molecular weight excluding hydrogens is 556 g/mol. The molecule has 2 saturated carbocycles. The van der Waals surface area contributed by atoms with Crippen molar-refractivity contribution in [3.8, 4) is 23.3 Å². The highest BCUT2D eigenvalue weighted by molar-refractivity contribution is 6.00. The molecule has 8 rings (SSSR count). The lowest BCUT2D eigenvalue weighted by atomic mass is 10.1. The van der Waals surface area contributed by atoms with Crippen LogP contribution in [0, 0.1) is 23.2 Å². The first kappa shape index (κ1) is 26.6. The summed E-state index contributed by atoms with van der Waals surface area (Å²) in [6.07, 6.45) is 7.56. The van der Waals surface area contributed by atoms with Gasteiger partial charge in [0.2, 0.25) is 5.82 Å². The van der Waals surface area contributed by atoms with Crippen LogP contribution in [-0.2, 0) is 13.6 Å². The zero-order chi connectivity index (χ0) is 30.1. The number of carbonyl (C=O) groups is 1. The number of aromatic nitrogens is 6. The number of likely N-dealkylation sites (tertiary alicyclic amines) is 1. The number of pyridine rings is 1. The van der Waals surface area contributed by atoms with Gasteiger partial charge in [0, 0.05) is 43.2 Å². The van der Waals surface area contributed by atoms with Crippen LogP contribution in [0.25, 0.3) is 33.6 Å². The second-order valence-corrected chi connectivity index (χ2v) is 12.2. The van der Waals surface area contributed by atoms with Crippen LogP contribution in [0.15, 0.2) is 42.7 Å². The van der Waals surface area contributed by atoms with E-state index < -0.39 is 0 Å². The van der Waals surface area contributed by atoms with Crippen LogP contribution in [-0.4, -0.2) is 65.6 Å². The fraction of sp³-hybridized carbons (Fsp3) is 0.375. The third-order valence-electron chi connectivity index (χ3n) is 9.45. The van der Waals surface area contributed by atoms with Crippen molar-refractivity contribution in [2.24, 2.45) is 24.6 Å². The van der Waals surface area contributed by atoms with E-state index in [1.165, 1.54) is 12.8 Å². The van der Waals surface area contributed by atoms with E-state index in [9.17, 15) is 4.79 Å². The van der Waals surface area contributed by atoms with Crippen molar-refractivity contribution in [3.63, 3.8) is 0 Å². The van der Waals surface area contributed by atoms with Crippen LogP contribution in [0.1, 0.15) is 41.9 Å². The number of methoxy groups -OCH3 is 1. The van der Waals surface area contributed by atoms with Gasteiger partial charge in [-0.15, -0.1) is 0 Å². The van der Waals surface area contributed by atoms with Crippen LogP contribution in [0.2, 0.25) is 0 Å². The van der Waals surface area contributed by atoms with Gasteiger partial charge in [-0.3, -0.25) is 4.79 Å². The van der Waals surface area contributed by atoms with E-state index in [0.717, 1.165) is 47.5 Å². The normalized spacial score (nSPS) is 20.9. The van der Waals surface area contributed by atoms with Gasteiger partial charge in [-0.1, -0.05) is 0 Å². The molecule has 3 fully saturated rings. The maximum atomic E-state index is 13.7. The highest BCUT2D eigenvalue weighted by atomic mass is 16.5. The SMILES string of the molecule is COc1cc(C(=O)N2CC3CCC2[C@@H]3N)cc2nc(-c3cc4ccc(Nc5cnc(C#N)nc5)nc4n3CC3CC3)n(C)c12. The van der Waals surface area contributed by atoms with Gasteiger partial charge < -0.3 is 29.8 Å². The van der Waals surface area contributed by atoms with Crippen molar-refractivity contribution in [1.82, 2.24) is 34.0 Å². The summed E-state index contributed by atoms with van der Waals surface area (Å²) in [5, 5.41) is 13.3. The molecule has 1 aliphatic heterocycles. The average molecular weight is 589 g/mol. The molecule has 2 bridgehead atoms. The van der Waals surface area contributed by atoms with E-state index in [0.29, 0.717) is 46.7 Å². The molecule has 1 aromatic carbocycles. The molecule has 222 valence electrons. The number of piperidine rings is 1. The van der Waals surface area contributed by atoms with Gasteiger partial charge in [-0.25, -0.2) is 19.9 Å². The van der Waals surface area contributed by atoms with E-state index in [2.05, 4.69) is 25.9 Å². The molecule has 12 nitrogen and oxygen atoms in total. The number of anilines is 2. The summed E-state index contributed by atoms with van der Waals surface area (Å²) in [4.78, 5) is 33.8. The quantitative estimate of drug-likeness (QED) is 0.287. The molecule has 0 spiro atoms. The third-order valence-corrected chi connectivity index (χ3v) is 9.45. The monoisotopic (exact) mass is 588 g/mol. The number of nitrogens with two attached hydrogens (primary N) is 1. The maximum absolute atomic E-state index is 13.7. The fourth-order valence-corrected chi connectivity index (χ4v) is 6.99. The molecule has 3 aliphatic rings. The van der Waals surface area contributed by atoms with Gasteiger partial charge in [0.05, 0.1) is 36.4 Å². The zero-order valence-electron chi connectivity index (χ0n) is 24.6. The van der Waals surface area contributed by atoms with Crippen LogP contribution in [0.5, 0.6) is 5.75 Å². The van der Waals surface area contributed by atoms with Gasteiger partial charge in [0.1, 0.15) is 28.8 Å². The molecule has 3 N–H and O–H groups in total. The summed E-state index contributed by atoms with van der Waals surface area (Å²) < 4.78 is 10.1. The first-order valence-corrected chi connectivity index (χ1v) is 15.0. The maximum Gasteiger partial charge on any atom is 0.254 e. The molecular formula is C32H32N10O2. The number of hydrogen-bond acceptors (Lipinski definition) is 9. The van der Waals surface area contributed by atoms with E-state index in [1.807, 2.05) is 46.8 Å². The van der Waals surface area contributed by atoms with E-state index >= 15 is 0 Å². The van der Waals surface area contributed by atoms with Gasteiger partial charge in [-0.2, -0.15) is 5.26 Å². The molecule has 0 radical (unpaired) electrons. The van der Waals surface area contributed by atoms with Crippen molar-refractivity contribution in [1.29, 1.82) is 5.26 Å². The van der Waals surface area contributed by atoms with Crippen LogP contribution >= 0.6 is 0 Å². The number of amides is 1. The smallest absolute Gasteiger partial charge is 0.254 e. The zero-order valence-corrected chi connectivity index (χ0v) is 24.6. The number of nitriles is 1. The summed E-state index contributed by atoms with van der Waals surface area (Å²) in [6.45, 7) is 1.54. The second kappa shape index (κ2) is 10.0. The Morgan fingerprint density at radius 2 is 1.95 bits per heavy atom. The van der Waals surface area contributed by atoms with E-state index in [1.54, 1.807) is 19.5 Å². The Bertz CT molecular complexity index is 1980. The van der Waals surface area contributed by atoms with Crippen LogP contribution in [0.3, 0.4) is 0 Å². The molecule has 2 aliphatic carbocycles. The molecule has 2 unspecified atom stereocenters. The largest absolute Gasteiger partial charge is 0.494 e. The number of benzene rings is 1. The molecule has 1 saturated heterocycles. The first-order valence-electron chi connectivity index (χ1n) is 15.0. The molecule has 44 heavy (non-hydrogen) atoms. The molecule has 12 heteroatoms. The number of fused-ring (bicyclic) bond motifs is 4. The van der Waals surface area contributed by atoms with Gasteiger partial charge >= 0.3 is 0 Å². The van der Waals surface area contributed by atoms with Crippen LogP contribution < -0.4 is 15.8 Å². The minimum atomic E-state index is -0.0141. The van der Waals surface area contributed by atoms with Crippen molar-refractivity contribution in [2.75, 3.05) is 19.0 Å². The average Bonchev–Trinajstić information content (AvgIpc) is 3.45. The van der Waals surface area contributed by atoms with E-state index in [-0.39, 0.29) is 23.8 Å². The summed E-state index contributed by atoms with van der Waals surface area (Å²) in [7, 11) is 3.61. The van der Waals surface area contributed by atoms with Crippen molar-refractivity contribution >= 4 is 39.5 Å².